The highest BCUT2D eigenvalue weighted by molar-refractivity contribution is 5.73. The van der Waals surface area contributed by atoms with Crippen LogP contribution in [-0.2, 0) is 16.0 Å². The molecule has 0 aliphatic carbocycles. The number of benzene rings is 1. The molecule has 0 spiro atoms. The van der Waals surface area contributed by atoms with Crippen molar-refractivity contribution in [2.45, 2.75) is 13.3 Å². The molecule has 0 aliphatic heterocycles. The van der Waals surface area contributed by atoms with Crippen LogP contribution in [0.3, 0.4) is 0 Å². The maximum atomic E-state index is 11.2. The average molecular weight is 235 g/mol. The van der Waals surface area contributed by atoms with Gasteiger partial charge in [-0.25, -0.2) is 0 Å². The predicted molar refractivity (Wildman–Crippen MR) is 63.5 cm³/mol. The van der Waals surface area contributed by atoms with E-state index in [0.717, 1.165) is 0 Å². The Morgan fingerprint density at radius 2 is 2.29 bits per heavy atom. The van der Waals surface area contributed by atoms with Crippen molar-refractivity contribution in [2.24, 2.45) is 0 Å². The van der Waals surface area contributed by atoms with E-state index in [4.69, 9.17) is 4.74 Å². The highest BCUT2D eigenvalue weighted by Gasteiger charge is 2.13. The van der Waals surface area contributed by atoms with Crippen molar-refractivity contribution >= 4 is 17.7 Å². The highest BCUT2D eigenvalue weighted by Crippen LogP contribution is 2.21. The molecule has 0 aromatic heterocycles. The number of ether oxygens (including phenoxy) is 1. The van der Waals surface area contributed by atoms with Crippen LogP contribution < -0.4 is 0 Å². The Hall–Kier alpha value is -2.17. The van der Waals surface area contributed by atoms with Crippen LogP contribution in [0.4, 0.5) is 5.69 Å². The Morgan fingerprint density at radius 1 is 1.59 bits per heavy atom. The van der Waals surface area contributed by atoms with Gasteiger partial charge in [0.2, 0.25) is 0 Å². The topological polar surface area (TPSA) is 69.4 Å². The van der Waals surface area contributed by atoms with Crippen molar-refractivity contribution in [3.63, 3.8) is 0 Å². The summed E-state index contributed by atoms with van der Waals surface area (Å²) in [6.07, 6.45) is 1.44. The lowest BCUT2D eigenvalue weighted by Crippen LogP contribution is -2.07. The summed E-state index contributed by atoms with van der Waals surface area (Å²) in [6.45, 7) is 5.50. The molecular formula is C12H13NO4. The lowest BCUT2D eigenvalue weighted by atomic mass is 10.1. The van der Waals surface area contributed by atoms with Crippen LogP contribution in [0.15, 0.2) is 24.8 Å². The smallest absolute Gasteiger partial charge is 0.310 e. The Bertz CT molecular complexity index is 454. The Morgan fingerprint density at radius 3 is 2.82 bits per heavy atom. The highest BCUT2D eigenvalue weighted by atomic mass is 16.6. The monoisotopic (exact) mass is 235 g/mol. The molecule has 0 aliphatic rings. The first kappa shape index (κ1) is 12.9. The number of hydrogen-bond donors (Lipinski definition) is 0. The van der Waals surface area contributed by atoms with Gasteiger partial charge >= 0.3 is 5.97 Å². The molecule has 5 nitrogen and oxygen atoms in total. The Kier molecular flexibility index (Phi) is 4.39. The molecule has 0 heterocycles. The standard InChI is InChI=1S/C12H13NO4/c1-3-10-6-5-9(7-11(10)13(15)16)8-12(14)17-4-2/h3,5-7H,1,4,8H2,2H3. The van der Waals surface area contributed by atoms with Gasteiger partial charge in [-0.2, -0.15) is 0 Å². The number of carbonyl (C=O) groups excluding carboxylic acids is 1. The van der Waals surface area contributed by atoms with Gasteiger partial charge < -0.3 is 4.74 Å². The van der Waals surface area contributed by atoms with Gasteiger partial charge in [-0.05, 0) is 18.6 Å². The van der Waals surface area contributed by atoms with E-state index < -0.39 is 10.9 Å². The molecule has 0 atom stereocenters. The fourth-order valence-electron chi connectivity index (χ4n) is 1.41. The third-order valence-corrected chi connectivity index (χ3v) is 2.17. The summed E-state index contributed by atoms with van der Waals surface area (Å²) >= 11 is 0. The van der Waals surface area contributed by atoms with Crippen molar-refractivity contribution in [2.75, 3.05) is 6.61 Å². The van der Waals surface area contributed by atoms with E-state index in [0.29, 0.717) is 17.7 Å². The van der Waals surface area contributed by atoms with E-state index >= 15 is 0 Å². The summed E-state index contributed by atoms with van der Waals surface area (Å²) in [5.41, 5.74) is 0.935. The minimum Gasteiger partial charge on any atom is -0.466 e. The number of esters is 1. The molecule has 5 heteroatoms. The number of nitrogens with zero attached hydrogens (tertiary/aromatic N) is 1. The summed E-state index contributed by atoms with van der Waals surface area (Å²) in [5.74, 6) is -0.395. The molecule has 0 N–H and O–H groups in total. The van der Waals surface area contributed by atoms with Crippen LogP contribution in [0.1, 0.15) is 18.1 Å². The molecule has 1 aromatic rings. The zero-order chi connectivity index (χ0) is 12.8. The third-order valence-electron chi connectivity index (χ3n) is 2.17. The molecule has 0 bridgehead atoms. The summed E-state index contributed by atoms with van der Waals surface area (Å²) < 4.78 is 4.77. The van der Waals surface area contributed by atoms with E-state index in [-0.39, 0.29) is 12.1 Å². The second-order valence-corrected chi connectivity index (χ2v) is 3.34. The molecular weight excluding hydrogens is 222 g/mol. The summed E-state index contributed by atoms with van der Waals surface area (Å²) in [6, 6.07) is 4.59. The van der Waals surface area contributed by atoms with Gasteiger partial charge in [-0.15, -0.1) is 0 Å². The van der Waals surface area contributed by atoms with Gasteiger partial charge in [0.15, 0.2) is 0 Å². The summed E-state index contributed by atoms with van der Waals surface area (Å²) in [5, 5.41) is 10.8. The first-order valence-corrected chi connectivity index (χ1v) is 5.13. The van der Waals surface area contributed by atoms with Crippen LogP contribution in [0.2, 0.25) is 0 Å². The molecule has 0 saturated carbocycles. The molecule has 17 heavy (non-hydrogen) atoms. The number of rotatable bonds is 5. The molecule has 0 unspecified atom stereocenters. The van der Waals surface area contributed by atoms with Crippen molar-refractivity contribution < 1.29 is 14.5 Å². The van der Waals surface area contributed by atoms with Crippen molar-refractivity contribution in [3.8, 4) is 0 Å². The quantitative estimate of drug-likeness (QED) is 0.446. The van der Waals surface area contributed by atoms with E-state index in [1.165, 1.54) is 12.1 Å². The molecule has 1 rings (SSSR count). The van der Waals surface area contributed by atoms with Crippen LogP contribution in [0.25, 0.3) is 6.08 Å². The largest absolute Gasteiger partial charge is 0.466 e. The third kappa shape index (κ3) is 3.41. The van der Waals surface area contributed by atoms with Gasteiger partial charge in [-0.3, -0.25) is 14.9 Å². The summed E-state index contributed by atoms with van der Waals surface area (Å²) in [4.78, 5) is 21.5. The number of hydrogen-bond acceptors (Lipinski definition) is 4. The maximum Gasteiger partial charge on any atom is 0.310 e. The van der Waals surface area contributed by atoms with E-state index in [2.05, 4.69) is 6.58 Å². The first-order valence-electron chi connectivity index (χ1n) is 5.13. The molecule has 1 aromatic carbocycles. The molecule has 0 saturated heterocycles. The number of nitro groups is 1. The lowest BCUT2D eigenvalue weighted by Gasteiger charge is -2.03. The normalized spacial score (nSPS) is 9.71. The zero-order valence-electron chi connectivity index (χ0n) is 9.51. The molecule has 0 fully saturated rings. The first-order chi connectivity index (χ1) is 8.08. The Balaban J connectivity index is 2.96. The second kappa shape index (κ2) is 5.79. The van der Waals surface area contributed by atoms with Crippen molar-refractivity contribution in [1.29, 1.82) is 0 Å². The SMILES string of the molecule is C=Cc1ccc(CC(=O)OCC)cc1[N+](=O)[O-]. The fourth-order valence-corrected chi connectivity index (χ4v) is 1.41. The fraction of sp³-hybridized carbons (Fsp3) is 0.250. The molecule has 0 radical (unpaired) electrons. The van der Waals surface area contributed by atoms with Crippen LogP contribution in [-0.4, -0.2) is 17.5 Å². The number of carbonyl (C=O) groups is 1. The summed E-state index contributed by atoms with van der Waals surface area (Å²) in [7, 11) is 0. The van der Waals surface area contributed by atoms with E-state index in [1.54, 1.807) is 19.1 Å². The predicted octanol–water partition coefficient (Wildman–Crippen LogP) is 2.34. The van der Waals surface area contributed by atoms with E-state index in [9.17, 15) is 14.9 Å². The van der Waals surface area contributed by atoms with Gasteiger partial charge in [0.05, 0.1) is 23.5 Å². The minimum absolute atomic E-state index is 0.0338. The lowest BCUT2D eigenvalue weighted by molar-refractivity contribution is -0.385. The number of nitro benzene ring substituents is 1. The van der Waals surface area contributed by atoms with Gasteiger partial charge in [0.1, 0.15) is 0 Å². The second-order valence-electron chi connectivity index (χ2n) is 3.34. The molecule has 0 amide bonds. The van der Waals surface area contributed by atoms with Crippen LogP contribution in [0, 0.1) is 10.1 Å². The van der Waals surface area contributed by atoms with Gasteiger partial charge in [-0.1, -0.05) is 18.7 Å². The maximum absolute atomic E-state index is 11.2. The van der Waals surface area contributed by atoms with Crippen LogP contribution >= 0.6 is 0 Å². The van der Waals surface area contributed by atoms with Crippen molar-refractivity contribution in [1.82, 2.24) is 0 Å². The van der Waals surface area contributed by atoms with Crippen molar-refractivity contribution in [3.05, 3.63) is 46.0 Å². The van der Waals surface area contributed by atoms with E-state index in [1.807, 2.05) is 0 Å². The average Bonchev–Trinajstić information content (AvgIpc) is 2.29. The Labute approximate surface area is 98.9 Å². The molecule has 90 valence electrons. The minimum atomic E-state index is -0.494. The van der Waals surface area contributed by atoms with Gasteiger partial charge in [0, 0.05) is 6.07 Å². The van der Waals surface area contributed by atoms with Gasteiger partial charge in [0.25, 0.3) is 5.69 Å². The van der Waals surface area contributed by atoms with Crippen LogP contribution in [0.5, 0.6) is 0 Å². The zero-order valence-corrected chi connectivity index (χ0v) is 9.51.